The molecule has 1 aliphatic rings. The van der Waals surface area contributed by atoms with Crippen LogP contribution in [0.4, 0.5) is 0 Å². The van der Waals surface area contributed by atoms with Gasteiger partial charge in [-0.2, -0.15) is 8.42 Å². The van der Waals surface area contributed by atoms with Gasteiger partial charge in [-0.25, -0.2) is 0 Å². The number of nitrogens with zero attached hydrogens (tertiary/aromatic N) is 2. The first-order valence-electron chi connectivity index (χ1n) is 6.71. The number of thioether (sulfide) groups is 1. The van der Waals surface area contributed by atoms with Crippen LogP contribution in [0.1, 0.15) is 19.4 Å². The molecule has 1 fully saturated rings. The smallest absolute Gasteiger partial charge is 0.284 e. The molecule has 0 unspecified atom stereocenters. The Labute approximate surface area is 135 Å². The van der Waals surface area contributed by atoms with Crippen LogP contribution in [-0.2, 0) is 14.8 Å². The third-order valence-corrected chi connectivity index (χ3v) is 5.74. The largest absolute Gasteiger partial charge is 0.286 e. The summed E-state index contributed by atoms with van der Waals surface area (Å²) in [6.07, 6.45) is 1.55. The van der Waals surface area contributed by atoms with Crippen molar-refractivity contribution in [3.05, 3.63) is 42.5 Å². The maximum absolute atomic E-state index is 12.4. The predicted molar refractivity (Wildman–Crippen MR) is 89.4 cm³/mol. The van der Waals surface area contributed by atoms with Gasteiger partial charge in [0.25, 0.3) is 10.0 Å². The van der Waals surface area contributed by atoms with Gasteiger partial charge in [-0.15, -0.1) is 11.0 Å². The fourth-order valence-corrected chi connectivity index (χ4v) is 4.22. The molecule has 1 aliphatic heterocycles. The van der Waals surface area contributed by atoms with E-state index in [2.05, 4.69) is 11.0 Å². The molecule has 0 saturated carbocycles. The number of hydrogen-bond acceptors (Lipinski definition) is 4. The lowest BCUT2D eigenvalue weighted by molar-refractivity contribution is -0.127. The second kappa shape index (κ2) is 5.89. The number of amidine groups is 1. The van der Waals surface area contributed by atoms with Gasteiger partial charge in [0, 0.05) is 6.54 Å². The molecule has 0 bridgehead atoms. The third kappa shape index (κ3) is 3.25. The van der Waals surface area contributed by atoms with Crippen LogP contribution in [0, 0.1) is 6.92 Å². The summed E-state index contributed by atoms with van der Waals surface area (Å²) in [7, 11) is -3.85. The Balaban J connectivity index is 2.43. The highest BCUT2D eigenvalue weighted by molar-refractivity contribution is 8.16. The van der Waals surface area contributed by atoms with Gasteiger partial charge in [-0.3, -0.25) is 9.69 Å². The molecule has 0 aliphatic carbocycles. The second-order valence-corrected chi connectivity index (χ2v) is 8.67. The first-order valence-corrected chi connectivity index (χ1v) is 8.96. The normalized spacial score (nSPS) is 19.7. The van der Waals surface area contributed by atoms with E-state index >= 15 is 0 Å². The molecule has 0 spiro atoms. The number of rotatable bonds is 4. The van der Waals surface area contributed by atoms with E-state index in [1.54, 1.807) is 32.1 Å². The van der Waals surface area contributed by atoms with E-state index in [1.807, 2.05) is 6.92 Å². The standard InChI is InChI=1S/C15H18N2O3S2/c1-5-10-17-13(18)15(3,4)21-14(17)16-22(19,20)12-8-6-11(2)7-9-12/h5-9H,1,10H2,2-4H3/b16-14+. The molecule has 1 aromatic carbocycles. The van der Waals surface area contributed by atoms with Crippen molar-refractivity contribution >= 4 is 32.9 Å². The maximum Gasteiger partial charge on any atom is 0.284 e. The van der Waals surface area contributed by atoms with E-state index in [0.717, 1.165) is 17.3 Å². The summed E-state index contributed by atoms with van der Waals surface area (Å²) in [6, 6.07) is 6.45. The minimum absolute atomic E-state index is 0.113. The molecule has 1 aromatic rings. The Bertz CT molecular complexity index is 735. The molecule has 7 heteroatoms. The van der Waals surface area contributed by atoms with Gasteiger partial charge < -0.3 is 0 Å². The van der Waals surface area contributed by atoms with E-state index < -0.39 is 14.8 Å². The summed E-state index contributed by atoms with van der Waals surface area (Å²) in [4.78, 5) is 13.7. The zero-order valence-corrected chi connectivity index (χ0v) is 14.4. The van der Waals surface area contributed by atoms with E-state index in [-0.39, 0.29) is 22.5 Å². The number of carbonyl (C=O) groups excluding carboxylic acids is 1. The van der Waals surface area contributed by atoms with Crippen LogP contribution in [0.15, 0.2) is 46.2 Å². The van der Waals surface area contributed by atoms with Crippen molar-refractivity contribution in [3.63, 3.8) is 0 Å². The predicted octanol–water partition coefficient (Wildman–Crippen LogP) is 2.58. The fourth-order valence-electron chi connectivity index (χ4n) is 1.96. The number of aryl methyl sites for hydroxylation is 1. The first-order chi connectivity index (χ1) is 10.2. The van der Waals surface area contributed by atoms with Crippen LogP contribution in [0.3, 0.4) is 0 Å². The van der Waals surface area contributed by atoms with Crippen molar-refractivity contribution < 1.29 is 13.2 Å². The van der Waals surface area contributed by atoms with Gasteiger partial charge in [-0.05, 0) is 32.9 Å². The summed E-state index contributed by atoms with van der Waals surface area (Å²) in [5.41, 5.74) is 0.964. The molecule has 0 atom stereocenters. The van der Waals surface area contributed by atoms with Crippen molar-refractivity contribution in [1.82, 2.24) is 4.90 Å². The van der Waals surface area contributed by atoms with Crippen molar-refractivity contribution in [2.24, 2.45) is 4.40 Å². The topological polar surface area (TPSA) is 66.8 Å². The van der Waals surface area contributed by atoms with E-state index in [1.165, 1.54) is 17.0 Å². The molecule has 1 saturated heterocycles. The van der Waals surface area contributed by atoms with Crippen LogP contribution in [0.2, 0.25) is 0 Å². The lowest BCUT2D eigenvalue weighted by atomic mass is 10.2. The van der Waals surface area contributed by atoms with Crippen molar-refractivity contribution in [3.8, 4) is 0 Å². The minimum Gasteiger partial charge on any atom is -0.286 e. The Hall–Kier alpha value is -1.60. The van der Waals surface area contributed by atoms with Gasteiger partial charge >= 0.3 is 0 Å². The number of hydrogen-bond donors (Lipinski definition) is 0. The quantitative estimate of drug-likeness (QED) is 0.792. The Morgan fingerprint density at radius 3 is 2.45 bits per heavy atom. The Morgan fingerprint density at radius 1 is 1.32 bits per heavy atom. The molecule has 5 nitrogen and oxygen atoms in total. The van der Waals surface area contributed by atoms with Crippen LogP contribution in [-0.4, -0.2) is 35.7 Å². The van der Waals surface area contributed by atoms with E-state index in [0.29, 0.717) is 0 Å². The van der Waals surface area contributed by atoms with Gasteiger partial charge in [0.15, 0.2) is 5.17 Å². The van der Waals surface area contributed by atoms with Gasteiger partial charge in [-0.1, -0.05) is 35.5 Å². The molecular formula is C15H18N2O3S2. The Morgan fingerprint density at radius 2 is 1.91 bits per heavy atom. The molecule has 0 radical (unpaired) electrons. The van der Waals surface area contributed by atoms with Crippen LogP contribution in [0.5, 0.6) is 0 Å². The lowest BCUT2D eigenvalue weighted by Gasteiger charge is -2.15. The molecule has 1 amide bonds. The third-order valence-electron chi connectivity index (χ3n) is 3.17. The highest BCUT2D eigenvalue weighted by Gasteiger charge is 2.44. The molecule has 0 N–H and O–H groups in total. The molecule has 2 rings (SSSR count). The highest BCUT2D eigenvalue weighted by atomic mass is 32.2. The molecule has 118 valence electrons. The zero-order valence-electron chi connectivity index (χ0n) is 12.7. The van der Waals surface area contributed by atoms with Gasteiger partial charge in [0.05, 0.1) is 9.64 Å². The van der Waals surface area contributed by atoms with Crippen molar-refractivity contribution in [1.29, 1.82) is 0 Å². The molecule has 1 heterocycles. The lowest BCUT2D eigenvalue weighted by Crippen LogP contribution is -2.36. The SMILES string of the molecule is C=CCN1C(=O)C(C)(C)S/C1=N/S(=O)(=O)c1ccc(C)cc1. The summed E-state index contributed by atoms with van der Waals surface area (Å²) in [5, 5.41) is 0.190. The zero-order chi connectivity index (χ0) is 16.5. The minimum atomic E-state index is -3.85. The molecule has 0 aromatic heterocycles. The van der Waals surface area contributed by atoms with Crippen molar-refractivity contribution in [2.45, 2.75) is 30.4 Å². The summed E-state index contributed by atoms with van der Waals surface area (Å²) < 4.78 is 27.9. The summed E-state index contributed by atoms with van der Waals surface area (Å²) >= 11 is 1.15. The second-order valence-electron chi connectivity index (χ2n) is 5.48. The Kier molecular flexibility index (Phi) is 4.49. The summed E-state index contributed by atoms with van der Waals surface area (Å²) in [5.74, 6) is -0.171. The first kappa shape index (κ1) is 16.8. The van der Waals surface area contributed by atoms with Gasteiger partial charge in [0.2, 0.25) is 5.91 Å². The van der Waals surface area contributed by atoms with Gasteiger partial charge in [0.1, 0.15) is 0 Å². The van der Waals surface area contributed by atoms with Crippen molar-refractivity contribution in [2.75, 3.05) is 6.54 Å². The molecular weight excluding hydrogens is 320 g/mol. The van der Waals surface area contributed by atoms with E-state index in [4.69, 9.17) is 0 Å². The number of carbonyl (C=O) groups is 1. The van der Waals surface area contributed by atoms with E-state index in [9.17, 15) is 13.2 Å². The number of amides is 1. The monoisotopic (exact) mass is 338 g/mol. The maximum atomic E-state index is 12.4. The molecule has 22 heavy (non-hydrogen) atoms. The number of sulfonamides is 1. The fraction of sp³-hybridized carbons (Fsp3) is 0.333. The summed E-state index contributed by atoms with van der Waals surface area (Å²) in [6.45, 7) is 9.20. The van der Waals surface area contributed by atoms with Crippen LogP contribution >= 0.6 is 11.8 Å². The average Bonchev–Trinajstić information content (AvgIpc) is 2.62. The average molecular weight is 338 g/mol. The highest BCUT2D eigenvalue weighted by Crippen LogP contribution is 2.37. The van der Waals surface area contributed by atoms with Crippen LogP contribution < -0.4 is 0 Å². The van der Waals surface area contributed by atoms with Crippen LogP contribution in [0.25, 0.3) is 0 Å². The number of benzene rings is 1.